The van der Waals surface area contributed by atoms with Crippen molar-refractivity contribution in [3.8, 4) is 0 Å². The zero-order valence-corrected chi connectivity index (χ0v) is 13.0. The summed E-state index contributed by atoms with van der Waals surface area (Å²) < 4.78 is 35.7. The van der Waals surface area contributed by atoms with Crippen molar-refractivity contribution < 1.29 is 22.7 Å². The van der Waals surface area contributed by atoms with Crippen LogP contribution in [0.5, 0.6) is 0 Å². The second kappa shape index (κ2) is 8.32. The third-order valence-electron chi connectivity index (χ3n) is 2.35. The van der Waals surface area contributed by atoms with Crippen molar-refractivity contribution in [3.63, 3.8) is 0 Å². The molecule has 0 fully saturated rings. The van der Waals surface area contributed by atoms with E-state index in [-0.39, 0.29) is 16.3 Å². The van der Waals surface area contributed by atoms with Crippen LogP contribution in [0, 0.1) is 0 Å². The van der Waals surface area contributed by atoms with Crippen LogP contribution in [0.1, 0.15) is 9.67 Å². The van der Waals surface area contributed by atoms with E-state index < -0.39 is 16.0 Å². The quantitative estimate of drug-likeness (QED) is 0.493. The van der Waals surface area contributed by atoms with Gasteiger partial charge in [-0.3, -0.25) is 0 Å². The molecule has 20 heavy (non-hydrogen) atoms. The van der Waals surface area contributed by atoms with Gasteiger partial charge in [-0.1, -0.05) is 0 Å². The van der Waals surface area contributed by atoms with E-state index >= 15 is 0 Å². The molecule has 0 aliphatic rings. The summed E-state index contributed by atoms with van der Waals surface area (Å²) in [5.41, 5.74) is 0. The maximum Gasteiger partial charge on any atom is 0.348 e. The molecule has 1 aromatic rings. The van der Waals surface area contributed by atoms with Crippen LogP contribution in [0.4, 0.5) is 0 Å². The lowest BCUT2D eigenvalue weighted by Gasteiger charge is -2.06. The number of rotatable bonds is 9. The van der Waals surface area contributed by atoms with Crippen molar-refractivity contribution in [3.05, 3.63) is 16.3 Å². The zero-order valence-electron chi connectivity index (χ0n) is 11.3. The smallest absolute Gasteiger partial charge is 0.348 e. The lowest BCUT2D eigenvalue weighted by molar-refractivity contribution is 0.0606. The lowest BCUT2D eigenvalue weighted by Crippen LogP contribution is -2.32. The first-order chi connectivity index (χ1) is 9.51. The van der Waals surface area contributed by atoms with Gasteiger partial charge in [-0.25, -0.2) is 17.9 Å². The van der Waals surface area contributed by atoms with Gasteiger partial charge >= 0.3 is 5.97 Å². The average molecular weight is 322 g/mol. The molecule has 2 N–H and O–H groups in total. The molecule has 7 nitrogen and oxygen atoms in total. The van der Waals surface area contributed by atoms with Crippen molar-refractivity contribution in [2.75, 3.05) is 40.5 Å². The molecule has 1 heterocycles. The minimum Gasteiger partial charge on any atom is -0.465 e. The summed E-state index contributed by atoms with van der Waals surface area (Å²) in [6.45, 7) is 1.98. The van der Waals surface area contributed by atoms with Crippen LogP contribution in [0.2, 0.25) is 0 Å². The summed E-state index contributed by atoms with van der Waals surface area (Å²) in [5, 5.41) is 4.43. The van der Waals surface area contributed by atoms with Crippen LogP contribution in [-0.4, -0.2) is 54.8 Å². The molecule has 9 heteroatoms. The number of hydrogen-bond acceptors (Lipinski definition) is 7. The largest absolute Gasteiger partial charge is 0.465 e. The van der Waals surface area contributed by atoms with Crippen molar-refractivity contribution >= 4 is 27.3 Å². The Balaban J connectivity index is 2.48. The molecular formula is C11H18N2O5S2. The summed E-state index contributed by atoms with van der Waals surface area (Å²) in [4.78, 5) is 11.6. The van der Waals surface area contributed by atoms with Crippen molar-refractivity contribution in [1.82, 2.24) is 10.0 Å². The molecule has 1 rings (SSSR count). The number of esters is 1. The monoisotopic (exact) mass is 322 g/mol. The number of carbonyl (C=O) groups is 1. The van der Waals surface area contributed by atoms with Crippen LogP contribution in [0.15, 0.2) is 16.3 Å². The van der Waals surface area contributed by atoms with Crippen molar-refractivity contribution in [1.29, 1.82) is 0 Å². The van der Waals surface area contributed by atoms with E-state index in [1.807, 2.05) is 0 Å². The fourth-order valence-electron chi connectivity index (χ4n) is 1.32. The number of ether oxygens (including phenoxy) is 2. The Hall–Kier alpha value is -1.00. The number of carbonyl (C=O) groups excluding carboxylic acids is 1. The highest BCUT2D eigenvalue weighted by Gasteiger charge is 2.18. The SMILES string of the molecule is COCCNCCNS(=O)(=O)c1csc(C(=O)OC)c1. The molecule has 1 aromatic heterocycles. The summed E-state index contributed by atoms with van der Waals surface area (Å²) in [7, 11) is -0.745. The first-order valence-electron chi connectivity index (χ1n) is 5.87. The molecule has 0 unspecified atom stereocenters. The maximum absolute atomic E-state index is 11.9. The van der Waals surface area contributed by atoms with Gasteiger partial charge in [0.1, 0.15) is 4.88 Å². The standard InChI is InChI=1S/C11H18N2O5S2/c1-17-6-5-12-3-4-13-20(15,16)9-7-10(19-8-9)11(14)18-2/h7-8,12-13H,3-6H2,1-2H3. The Bertz CT molecular complexity index is 527. The van der Waals surface area contributed by atoms with E-state index in [0.717, 1.165) is 11.3 Å². The van der Waals surface area contributed by atoms with Gasteiger partial charge in [0.15, 0.2) is 0 Å². The highest BCUT2D eigenvalue weighted by molar-refractivity contribution is 7.89. The second-order valence-corrected chi connectivity index (χ2v) is 6.46. The molecule has 0 radical (unpaired) electrons. The van der Waals surface area contributed by atoms with E-state index in [1.165, 1.54) is 18.6 Å². The molecular weight excluding hydrogens is 304 g/mol. The van der Waals surface area contributed by atoms with Gasteiger partial charge in [0.05, 0.1) is 18.6 Å². The lowest BCUT2D eigenvalue weighted by atomic mass is 10.5. The predicted molar refractivity (Wildman–Crippen MR) is 75.6 cm³/mol. The molecule has 0 atom stereocenters. The summed E-state index contributed by atoms with van der Waals surface area (Å²) >= 11 is 1.03. The topological polar surface area (TPSA) is 93.7 Å². The Morgan fingerprint density at radius 3 is 2.70 bits per heavy atom. The third-order valence-corrected chi connectivity index (χ3v) is 4.85. The van der Waals surface area contributed by atoms with Gasteiger partial charge in [-0.2, -0.15) is 0 Å². The Morgan fingerprint density at radius 1 is 1.30 bits per heavy atom. The molecule has 0 aliphatic heterocycles. The fourth-order valence-corrected chi connectivity index (χ4v) is 3.55. The number of hydrogen-bond donors (Lipinski definition) is 2. The fraction of sp³-hybridized carbons (Fsp3) is 0.545. The van der Waals surface area contributed by atoms with E-state index in [1.54, 1.807) is 7.11 Å². The number of thiophene rings is 1. The van der Waals surface area contributed by atoms with Crippen LogP contribution in [0.3, 0.4) is 0 Å². The van der Waals surface area contributed by atoms with Crippen LogP contribution in [0.25, 0.3) is 0 Å². The van der Waals surface area contributed by atoms with Crippen LogP contribution in [-0.2, 0) is 19.5 Å². The molecule has 0 aromatic carbocycles. The Labute approximate surface area is 122 Å². The number of methoxy groups -OCH3 is 2. The minimum absolute atomic E-state index is 0.0693. The van der Waals surface area contributed by atoms with Gasteiger partial charge in [-0.05, 0) is 6.07 Å². The molecule has 0 bridgehead atoms. The molecule has 114 valence electrons. The van der Waals surface area contributed by atoms with E-state index in [4.69, 9.17) is 4.74 Å². The Kier molecular flexibility index (Phi) is 7.10. The predicted octanol–water partition coefficient (Wildman–Crippen LogP) is 0.0490. The molecule has 0 spiro atoms. The minimum atomic E-state index is -3.59. The van der Waals surface area contributed by atoms with Gasteiger partial charge in [0, 0.05) is 32.1 Å². The van der Waals surface area contributed by atoms with Crippen LogP contribution < -0.4 is 10.0 Å². The number of sulfonamides is 1. The van der Waals surface area contributed by atoms with Gasteiger partial charge in [0.25, 0.3) is 0 Å². The average Bonchev–Trinajstić information content (AvgIpc) is 2.92. The van der Waals surface area contributed by atoms with Crippen molar-refractivity contribution in [2.45, 2.75) is 4.90 Å². The first-order valence-corrected chi connectivity index (χ1v) is 8.23. The van der Waals surface area contributed by atoms with E-state index in [0.29, 0.717) is 19.7 Å². The van der Waals surface area contributed by atoms with Gasteiger partial charge < -0.3 is 14.8 Å². The molecule has 0 saturated heterocycles. The molecule has 0 aliphatic carbocycles. The van der Waals surface area contributed by atoms with E-state index in [9.17, 15) is 13.2 Å². The molecule has 0 amide bonds. The zero-order chi connectivity index (χ0) is 15.0. The van der Waals surface area contributed by atoms with Gasteiger partial charge in [0.2, 0.25) is 10.0 Å². The number of nitrogens with one attached hydrogen (secondary N) is 2. The summed E-state index contributed by atoms with van der Waals surface area (Å²) in [5.74, 6) is -0.544. The highest BCUT2D eigenvalue weighted by atomic mass is 32.2. The summed E-state index contributed by atoms with van der Waals surface area (Å²) in [6.07, 6.45) is 0. The summed E-state index contributed by atoms with van der Waals surface area (Å²) in [6, 6.07) is 1.30. The van der Waals surface area contributed by atoms with Gasteiger partial charge in [-0.15, -0.1) is 11.3 Å². The molecule has 0 saturated carbocycles. The third kappa shape index (κ3) is 5.17. The highest BCUT2D eigenvalue weighted by Crippen LogP contribution is 2.19. The maximum atomic E-state index is 11.9. The normalized spacial score (nSPS) is 11.5. The van der Waals surface area contributed by atoms with Crippen LogP contribution >= 0.6 is 11.3 Å². The first kappa shape index (κ1) is 17.1. The second-order valence-electron chi connectivity index (χ2n) is 3.78. The van der Waals surface area contributed by atoms with E-state index in [2.05, 4.69) is 14.8 Å². The van der Waals surface area contributed by atoms with Crippen molar-refractivity contribution in [2.24, 2.45) is 0 Å². The Morgan fingerprint density at radius 2 is 2.05 bits per heavy atom.